The number of para-hydroxylation sites is 3. The number of aromatic nitrogens is 10. The smallest absolute Gasteiger partial charge is 0.248 e. The molecule has 0 spiro atoms. The van der Waals surface area contributed by atoms with Crippen LogP contribution >= 0.6 is 0 Å². The molecule has 36 nitrogen and oxygen atoms in total. The molecule has 16 N–H and O–H groups in total. The van der Waals surface area contributed by atoms with Crippen LogP contribution in [0.1, 0.15) is 74.3 Å². The molecule has 38 heteroatoms. The molecule has 0 radical (unpaired) electrons. The van der Waals surface area contributed by atoms with Gasteiger partial charge >= 0.3 is 0 Å². The first kappa shape index (κ1) is 108. The summed E-state index contributed by atoms with van der Waals surface area (Å²) in [6.45, 7) is 27.2. The first-order valence-electron chi connectivity index (χ1n) is 47.0. The number of rotatable bonds is 32. The largest absolute Gasteiger partial charge is 0.340 e. The van der Waals surface area contributed by atoms with Gasteiger partial charge in [0.1, 0.15) is 29.1 Å². The summed E-state index contributed by atoms with van der Waals surface area (Å²) in [7, 11) is -3.72. The second-order valence-corrected chi connectivity index (χ2v) is 37.8. The van der Waals surface area contributed by atoms with E-state index in [1.165, 1.54) is 59.7 Å². The Morgan fingerprint density at radius 1 is 0.349 bits per heavy atom. The lowest BCUT2D eigenvalue weighted by molar-refractivity contribution is -0.127. The fourth-order valence-corrected chi connectivity index (χ4v) is 15.7. The first-order chi connectivity index (χ1) is 71.6. The third-order valence-electron chi connectivity index (χ3n) is 22.3. The molecule has 2 aliphatic heterocycles. The maximum absolute atomic E-state index is 12.3. The van der Waals surface area contributed by atoms with Crippen LogP contribution in [0, 0.1) is 34.6 Å². The number of aryl methyl sites for hydroxylation is 5. The molecular weight excluding hydrogens is 1920 g/mol. The van der Waals surface area contributed by atoms with Crippen LogP contribution in [0.2, 0.25) is 0 Å². The maximum atomic E-state index is 12.3. The van der Waals surface area contributed by atoms with Gasteiger partial charge in [-0.1, -0.05) is 128 Å². The number of nitrogens with one attached hydrogen (secondary N) is 12. The number of nitrogens with zero attached hydrogens (tertiary/aromatic N) is 13. The van der Waals surface area contributed by atoms with Crippen molar-refractivity contribution in [2.24, 2.45) is 10.3 Å². The van der Waals surface area contributed by atoms with E-state index >= 15 is 0 Å². The van der Waals surface area contributed by atoms with Crippen LogP contribution < -0.4 is 74.1 Å². The molecule has 2 aliphatic rings. The quantitative estimate of drug-likeness (QED) is 0.0138. The molecule has 760 valence electrons. The zero-order chi connectivity index (χ0) is 106. The van der Waals surface area contributed by atoms with Crippen molar-refractivity contribution in [2.45, 2.75) is 84.2 Å². The summed E-state index contributed by atoms with van der Waals surface area (Å²) in [5.74, 6) is 4.88. The Morgan fingerprint density at radius 2 is 0.671 bits per heavy atom. The summed E-state index contributed by atoms with van der Waals surface area (Å²) in [4.78, 5) is 109. The molecule has 0 unspecified atom stereocenters. The Hall–Kier alpha value is -18.4. The van der Waals surface area contributed by atoms with Gasteiger partial charge in [-0.25, -0.2) is 52.0 Å². The molecular formula is C111H115N27O9S2. The van der Waals surface area contributed by atoms with E-state index in [1.54, 1.807) is 84.4 Å². The standard InChI is InChI=1S/C23H24N6O3S.C23H26N6O.C23H23N5O.C22H23N5O3S.C20H19N5O/c1-3-21(30)29-10-9-16-11-19(8-7-17(16)14-29)26-22-15(2)13-25-23(28-22)27-18-5-4-6-20(12-18)33(24,31)32;1-17-16-24-23(27-18-9-5-4-6-10-18)28-22(17)26-20-12-7-11-19(15-20)25-21(30)13-8-14-29(2)3;1-3-21(29)28-12-11-17-9-10-20(13-18(17)15-28)25-22-16(2)14-24-23(27-22)26-19-7-5-4-6-8-19;1-14(2)10-20(28)16-6-4-7-17(11-16)25-21-15(3)13-24-22(27-21)26-18-8-5-9-19(12-18)31(23,29)30;1-3-18(26)22-16-9-11-17(12-10-16)23-19-14(2)13-21-20(25-19)24-15-7-5-4-6-8-15/h3-8,11-13H,1,9-10,14H2,2H3,(H2,24,31,32)(H2,25,26,27,28);4-13,15-16H,14H2,1-3H3,(H,25,30)(H2,24,26,27,28);3-10,13-14H,1,11-12,15H2,2H3,(H2,24,25,26,27);4-13H,1-3H3,(H2,23,29,30)(H2,24,25,26,27);3-13H,1H2,2H3,(H,22,26)(H2,21,23,24,25)/b;13-8+;;;. The zero-order valence-corrected chi connectivity index (χ0v) is 85.2. The Kier molecular flexibility index (Phi) is 37.5. The van der Waals surface area contributed by atoms with Gasteiger partial charge in [0.05, 0.1) is 9.79 Å². The van der Waals surface area contributed by atoms with Gasteiger partial charge in [-0.05, 0) is 274 Å². The summed E-state index contributed by atoms with van der Waals surface area (Å²) in [5.41, 5.74) is 20.0. The molecule has 0 fully saturated rings. The van der Waals surface area contributed by atoms with Gasteiger partial charge in [-0.2, -0.15) is 24.9 Å². The van der Waals surface area contributed by atoms with Crippen LogP contribution in [0.3, 0.4) is 0 Å². The van der Waals surface area contributed by atoms with E-state index < -0.39 is 20.0 Å². The second-order valence-electron chi connectivity index (χ2n) is 34.7. The number of hydrogen-bond donors (Lipinski definition) is 14. The van der Waals surface area contributed by atoms with Crippen molar-refractivity contribution in [2.75, 3.05) is 97.5 Å². The van der Waals surface area contributed by atoms with E-state index in [0.29, 0.717) is 107 Å². The summed E-state index contributed by atoms with van der Waals surface area (Å²) < 4.78 is 46.3. The van der Waals surface area contributed by atoms with Crippen LogP contribution in [0.4, 0.5) is 127 Å². The molecule has 0 bridgehead atoms. The number of carbonyl (C=O) groups is 5. The Balaban J connectivity index is 0.000000156. The number of allylic oxidation sites excluding steroid dienone is 2. The van der Waals surface area contributed by atoms with Gasteiger partial charge in [0.15, 0.2) is 5.78 Å². The number of hydrogen-bond acceptors (Lipinski definition) is 30. The van der Waals surface area contributed by atoms with E-state index in [4.69, 9.17) is 10.3 Å². The number of primary sulfonamides is 2. The molecule has 149 heavy (non-hydrogen) atoms. The lowest BCUT2D eigenvalue weighted by Gasteiger charge is -2.28. The second kappa shape index (κ2) is 51.7. The van der Waals surface area contributed by atoms with Crippen molar-refractivity contribution in [3.05, 3.63) is 397 Å². The van der Waals surface area contributed by atoms with Gasteiger partial charge in [0.25, 0.3) is 0 Å². The van der Waals surface area contributed by atoms with E-state index in [1.807, 2.05) is 236 Å². The van der Waals surface area contributed by atoms with Crippen molar-refractivity contribution in [1.82, 2.24) is 64.5 Å². The minimum atomic E-state index is -3.82. The number of sulfonamides is 2. The van der Waals surface area contributed by atoms with Crippen molar-refractivity contribution < 1.29 is 40.8 Å². The molecule has 0 saturated carbocycles. The predicted molar refractivity (Wildman–Crippen MR) is 591 cm³/mol. The highest BCUT2D eigenvalue weighted by Crippen LogP contribution is 2.33. The third-order valence-corrected chi connectivity index (χ3v) is 24.1. The molecule has 4 amide bonds. The van der Waals surface area contributed by atoms with E-state index in [9.17, 15) is 40.8 Å². The zero-order valence-electron chi connectivity index (χ0n) is 83.6. The average molecular weight is 2040 g/mol. The van der Waals surface area contributed by atoms with Crippen LogP contribution in [0.25, 0.3) is 0 Å². The topological polar surface area (TPSA) is 489 Å². The van der Waals surface area contributed by atoms with Crippen LogP contribution in [0.5, 0.6) is 0 Å². The van der Waals surface area contributed by atoms with Crippen LogP contribution in [-0.4, -0.2) is 145 Å². The van der Waals surface area contributed by atoms with Gasteiger partial charge in [0, 0.05) is 171 Å². The highest BCUT2D eigenvalue weighted by molar-refractivity contribution is 7.89. The molecule has 0 aliphatic carbocycles. The summed E-state index contributed by atoms with van der Waals surface area (Å²) in [5, 5.41) is 48.0. The Labute approximate surface area is 865 Å². The molecule has 5 aromatic heterocycles. The number of anilines is 22. The van der Waals surface area contributed by atoms with Crippen molar-refractivity contribution in [3.8, 4) is 0 Å². The molecule has 10 aromatic carbocycles. The fraction of sp³-hybridized carbons (Fsp3) is 0.144. The number of benzene rings is 10. The number of fused-ring (bicyclic) bond motifs is 2. The van der Waals surface area contributed by atoms with Gasteiger partial charge < -0.3 is 78.5 Å². The number of likely N-dealkylation sites (N-methyl/N-ethyl adjacent to an activating group) is 1. The predicted octanol–water partition coefficient (Wildman–Crippen LogP) is 20.1. The van der Waals surface area contributed by atoms with Gasteiger partial charge in [-0.3, -0.25) is 24.0 Å². The lowest BCUT2D eigenvalue weighted by atomic mass is 9.99. The maximum Gasteiger partial charge on any atom is 0.248 e. The molecule has 0 atom stereocenters. The lowest BCUT2D eigenvalue weighted by Crippen LogP contribution is -2.34. The third kappa shape index (κ3) is 33.1. The number of nitrogens with two attached hydrogens (primary N) is 2. The molecule has 0 saturated heterocycles. The number of amides is 4. The van der Waals surface area contributed by atoms with Crippen molar-refractivity contribution in [3.63, 3.8) is 0 Å². The van der Waals surface area contributed by atoms with E-state index in [0.717, 1.165) is 110 Å². The Bertz CT molecular complexity index is 7660. The SMILES string of the molecule is C=CC(=O)N1CCc2cc(Nc3nc(Nc4cccc(S(N)(=O)=O)c4)ncc3C)ccc2C1.C=CC(=O)N1CCc2ccc(Nc3nc(Nc4ccccc4)ncc3C)cc2C1.C=CC(=O)Nc1ccc(Nc2nc(Nc3ccccc3)ncc2C)cc1.CC(C)=CC(=O)c1cccc(Nc2nc(Nc3cccc(S(N)(=O)=O)c3)ncc2C)c1.Cc1cnc(Nc2ccccc2)nc1Nc1cccc(NC(=O)/C=C/CN(C)C)c1. The highest BCUT2D eigenvalue weighted by atomic mass is 32.2. The molecule has 17 rings (SSSR count). The van der Waals surface area contributed by atoms with E-state index in [-0.39, 0.29) is 45.2 Å². The first-order valence-corrected chi connectivity index (χ1v) is 50.1. The highest BCUT2D eigenvalue weighted by Gasteiger charge is 2.24. The summed E-state index contributed by atoms with van der Waals surface area (Å²) in [6.07, 6.45) is 19.2. The molecule has 7 heterocycles. The minimum Gasteiger partial charge on any atom is -0.340 e. The number of carbonyl (C=O) groups excluding carboxylic acids is 5. The molecule has 15 aromatic rings. The van der Waals surface area contributed by atoms with Gasteiger partial charge in [0.2, 0.25) is 73.4 Å². The summed E-state index contributed by atoms with van der Waals surface area (Å²) in [6, 6.07) is 75.8. The number of ketones is 1. The average Bonchev–Trinajstić information content (AvgIpc) is 0.809. The van der Waals surface area contributed by atoms with E-state index in [2.05, 4.69) is 158 Å². The summed E-state index contributed by atoms with van der Waals surface area (Å²) >= 11 is 0. The minimum absolute atomic E-state index is 0.000348. The van der Waals surface area contributed by atoms with Crippen molar-refractivity contribution >= 4 is 177 Å². The van der Waals surface area contributed by atoms with Crippen molar-refractivity contribution in [1.29, 1.82) is 0 Å². The van der Waals surface area contributed by atoms with Gasteiger partial charge in [-0.15, -0.1) is 0 Å². The van der Waals surface area contributed by atoms with Crippen LogP contribution in [-0.2, 0) is 65.2 Å². The Morgan fingerprint density at radius 3 is 1.07 bits per heavy atom. The monoisotopic (exact) mass is 2030 g/mol. The normalized spacial score (nSPS) is 11.7. The fourth-order valence-electron chi connectivity index (χ4n) is 14.6. The van der Waals surface area contributed by atoms with Crippen LogP contribution in [0.15, 0.2) is 351 Å².